The fourth-order valence-corrected chi connectivity index (χ4v) is 5.69. The summed E-state index contributed by atoms with van der Waals surface area (Å²) in [6.45, 7) is 2.20. The summed E-state index contributed by atoms with van der Waals surface area (Å²) in [7, 11) is 4.55. The monoisotopic (exact) mass is 539 g/mol. The Hall–Kier alpha value is -4.52. The molecule has 5 rings (SSSR count). The SMILES string of the molecule is COC(=O)C1=C(C)NC2=CC(c3ccc(OC)c(OC)c3)CC(=O)C2C1c1ccccc1OCc1ccccc1. The Bertz CT molecular complexity index is 1480. The molecular formula is C33H33NO6. The van der Waals surface area contributed by atoms with Crippen LogP contribution in [0.5, 0.6) is 17.2 Å². The van der Waals surface area contributed by atoms with Crippen LogP contribution in [0.4, 0.5) is 0 Å². The second kappa shape index (κ2) is 11.7. The third-order valence-electron chi connectivity index (χ3n) is 7.60. The van der Waals surface area contributed by atoms with Crippen LogP contribution in [0.1, 0.15) is 41.9 Å². The number of fused-ring (bicyclic) bond motifs is 1. The third kappa shape index (κ3) is 5.19. The number of carbonyl (C=O) groups excluding carboxylic acids is 2. The minimum Gasteiger partial charge on any atom is -0.493 e. The zero-order valence-electron chi connectivity index (χ0n) is 23.1. The second-order valence-electron chi connectivity index (χ2n) is 9.94. The molecule has 1 aliphatic heterocycles. The lowest BCUT2D eigenvalue weighted by atomic mass is 9.68. The van der Waals surface area contributed by atoms with Gasteiger partial charge < -0.3 is 24.3 Å². The van der Waals surface area contributed by atoms with Crippen LogP contribution in [0.3, 0.4) is 0 Å². The van der Waals surface area contributed by atoms with E-state index in [0.717, 1.165) is 22.4 Å². The number of benzene rings is 3. The number of ether oxygens (including phenoxy) is 4. The molecule has 206 valence electrons. The molecule has 3 unspecified atom stereocenters. The first-order valence-corrected chi connectivity index (χ1v) is 13.2. The van der Waals surface area contributed by atoms with E-state index in [4.69, 9.17) is 18.9 Å². The summed E-state index contributed by atoms with van der Waals surface area (Å²) in [4.78, 5) is 27.1. The first-order chi connectivity index (χ1) is 19.4. The van der Waals surface area contributed by atoms with Crippen molar-refractivity contribution in [1.82, 2.24) is 5.32 Å². The van der Waals surface area contributed by atoms with Gasteiger partial charge >= 0.3 is 5.97 Å². The number of rotatable bonds is 8. The number of hydrogen-bond donors (Lipinski definition) is 1. The average molecular weight is 540 g/mol. The van der Waals surface area contributed by atoms with Gasteiger partial charge in [-0.3, -0.25) is 4.79 Å². The molecule has 3 atom stereocenters. The molecule has 7 nitrogen and oxygen atoms in total. The van der Waals surface area contributed by atoms with Crippen LogP contribution in [0.15, 0.2) is 95.8 Å². The Kier molecular flexibility index (Phi) is 7.91. The minimum absolute atomic E-state index is 0.0292. The first-order valence-electron chi connectivity index (χ1n) is 13.2. The molecule has 0 spiro atoms. The molecule has 2 aliphatic rings. The van der Waals surface area contributed by atoms with Gasteiger partial charge in [0.05, 0.1) is 32.8 Å². The summed E-state index contributed by atoms with van der Waals surface area (Å²) < 4.78 is 22.4. The summed E-state index contributed by atoms with van der Waals surface area (Å²) in [6.07, 6.45) is 2.37. The van der Waals surface area contributed by atoms with E-state index in [2.05, 4.69) is 11.4 Å². The number of Topliss-reactive ketones (excluding diaryl/α,β-unsaturated/α-hetero) is 1. The molecule has 0 saturated carbocycles. The molecule has 1 aliphatic carbocycles. The van der Waals surface area contributed by atoms with Crippen molar-refractivity contribution >= 4 is 11.8 Å². The fraction of sp³-hybridized carbons (Fsp3) is 0.273. The van der Waals surface area contributed by atoms with Crippen molar-refractivity contribution in [2.75, 3.05) is 21.3 Å². The molecule has 3 aromatic carbocycles. The highest BCUT2D eigenvalue weighted by Gasteiger charge is 2.45. The van der Waals surface area contributed by atoms with Crippen LogP contribution in [0.2, 0.25) is 0 Å². The summed E-state index contributed by atoms with van der Waals surface area (Å²) >= 11 is 0. The van der Waals surface area contributed by atoms with E-state index in [1.165, 1.54) is 7.11 Å². The van der Waals surface area contributed by atoms with Crippen molar-refractivity contribution in [2.45, 2.75) is 31.8 Å². The zero-order valence-corrected chi connectivity index (χ0v) is 23.1. The Morgan fingerprint density at radius 1 is 0.875 bits per heavy atom. The van der Waals surface area contributed by atoms with Crippen LogP contribution in [-0.2, 0) is 20.9 Å². The number of ketones is 1. The van der Waals surface area contributed by atoms with Gasteiger partial charge in [0.1, 0.15) is 18.1 Å². The standard InChI is InChI=1S/C33H33NO6/c1-20-30(33(36)39-4)31(24-12-8-9-13-27(24)40-19-21-10-6-5-7-11-21)32-25(34-20)16-23(17-26(32)35)22-14-15-28(37-2)29(18-22)38-3/h5-16,18,23,31-32,34H,17,19H2,1-4H3. The molecule has 1 heterocycles. The van der Waals surface area contributed by atoms with E-state index in [0.29, 0.717) is 35.1 Å². The van der Waals surface area contributed by atoms with Crippen molar-refractivity contribution in [2.24, 2.45) is 5.92 Å². The summed E-state index contributed by atoms with van der Waals surface area (Å²) in [5.41, 5.74) is 4.59. The van der Waals surface area contributed by atoms with Gasteiger partial charge in [0.2, 0.25) is 0 Å². The normalized spacial score (nSPS) is 20.1. The molecule has 3 aromatic rings. The van der Waals surface area contributed by atoms with Crippen molar-refractivity contribution in [1.29, 1.82) is 0 Å². The smallest absolute Gasteiger partial charge is 0.336 e. The van der Waals surface area contributed by atoms with Gasteiger partial charge in [-0.15, -0.1) is 0 Å². The molecule has 0 saturated heterocycles. The number of carbonyl (C=O) groups is 2. The molecular weight excluding hydrogens is 506 g/mol. The van der Waals surface area contributed by atoms with Crippen LogP contribution in [0.25, 0.3) is 0 Å². The number of methoxy groups -OCH3 is 3. The quantitative estimate of drug-likeness (QED) is 0.369. The Labute approximate surface area is 234 Å². The molecule has 0 amide bonds. The van der Waals surface area contributed by atoms with E-state index in [1.807, 2.05) is 79.7 Å². The second-order valence-corrected chi connectivity index (χ2v) is 9.94. The zero-order chi connectivity index (χ0) is 28.2. The predicted molar refractivity (Wildman–Crippen MR) is 151 cm³/mol. The lowest BCUT2D eigenvalue weighted by molar-refractivity contribution is -0.136. The van der Waals surface area contributed by atoms with Gasteiger partial charge in [-0.1, -0.05) is 60.7 Å². The Morgan fingerprint density at radius 3 is 2.33 bits per heavy atom. The molecule has 0 fully saturated rings. The van der Waals surface area contributed by atoms with Crippen molar-refractivity contribution < 1.29 is 28.5 Å². The van der Waals surface area contributed by atoms with Gasteiger partial charge in [-0.25, -0.2) is 4.79 Å². The highest BCUT2D eigenvalue weighted by molar-refractivity contribution is 5.96. The maximum atomic E-state index is 14.0. The molecule has 1 N–H and O–H groups in total. The molecule has 0 radical (unpaired) electrons. The van der Waals surface area contributed by atoms with Crippen LogP contribution in [0, 0.1) is 5.92 Å². The lowest BCUT2D eigenvalue weighted by Crippen LogP contribution is -2.42. The highest BCUT2D eigenvalue weighted by atomic mass is 16.5. The summed E-state index contributed by atoms with van der Waals surface area (Å²) in [5, 5.41) is 3.36. The lowest BCUT2D eigenvalue weighted by Gasteiger charge is -2.39. The predicted octanol–water partition coefficient (Wildman–Crippen LogP) is 5.67. The van der Waals surface area contributed by atoms with Gasteiger partial charge in [0.15, 0.2) is 11.5 Å². The minimum atomic E-state index is -0.587. The van der Waals surface area contributed by atoms with E-state index < -0.39 is 17.8 Å². The number of para-hydroxylation sites is 1. The van der Waals surface area contributed by atoms with Gasteiger partial charge in [-0.05, 0) is 36.2 Å². The highest BCUT2D eigenvalue weighted by Crippen LogP contribution is 2.48. The third-order valence-corrected chi connectivity index (χ3v) is 7.60. The number of hydrogen-bond acceptors (Lipinski definition) is 7. The number of esters is 1. The van der Waals surface area contributed by atoms with Crippen LogP contribution < -0.4 is 19.5 Å². The van der Waals surface area contributed by atoms with E-state index in [-0.39, 0.29) is 18.1 Å². The Morgan fingerprint density at radius 2 is 1.60 bits per heavy atom. The topological polar surface area (TPSA) is 83.1 Å². The fourth-order valence-electron chi connectivity index (χ4n) is 5.69. The van der Waals surface area contributed by atoms with Crippen molar-refractivity contribution in [3.8, 4) is 17.2 Å². The largest absolute Gasteiger partial charge is 0.493 e. The molecule has 0 bridgehead atoms. The molecule has 40 heavy (non-hydrogen) atoms. The molecule has 0 aromatic heterocycles. The average Bonchev–Trinajstić information content (AvgIpc) is 2.99. The van der Waals surface area contributed by atoms with E-state index >= 15 is 0 Å². The van der Waals surface area contributed by atoms with Gasteiger partial charge in [0.25, 0.3) is 0 Å². The number of allylic oxidation sites excluding steroid dienone is 3. The Balaban J connectivity index is 1.57. The van der Waals surface area contributed by atoms with Crippen LogP contribution >= 0.6 is 0 Å². The van der Waals surface area contributed by atoms with Gasteiger partial charge in [-0.2, -0.15) is 0 Å². The van der Waals surface area contributed by atoms with E-state index in [1.54, 1.807) is 14.2 Å². The van der Waals surface area contributed by atoms with Gasteiger partial charge in [0, 0.05) is 35.2 Å². The van der Waals surface area contributed by atoms with Crippen LogP contribution in [-0.4, -0.2) is 33.1 Å². The summed E-state index contributed by atoms with van der Waals surface area (Å²) in [5.74, 6) is 0.106. The number of nitrogens with one attached hydrogen (secondary N) is 1. The van der Waals surface area contributed by atoms with E-state index in [9.17, 15) is 9.59 Å². The maximum Gasteiger partial charge on any atom is 0.336 e. The first kappa shape index (κ1) is 27.1. The van der Waals surface area contributed by atoms with Crippen molar-refractivity contribution in [3.05, 3.63) is 113 Å². The summed E-state index contributed by atoms with van der Waals surface area (Å²) in [6, 6.07) is 23.2. The maximum absolute atomic E-state index is 14.0. The molecule has 7 heteroatoms. The van der Waals surface area contributed by atoms with Crippen molar-refractivity contribution in [3.63, 3.8) is 0 Å².